The summed E-state index contributed by atoms with van der Waals surface area (Å²) in [6, 6.07) is 7.75. The summed E-state index contributed by atoms with van der Waals surface area (Å²) in [5.41, 5.74) is 0.823. The van der Waals surface area contributed by atoms with Gasteiger partial charge in [-0.2, -0.15) is 4.98 Å². The lowest BCUT2D eigenvalue weighted by Crippen LogP contribution is -2.01. The highest BCUT2D eigenvalue weighted by molar-refractivity contribution is 6.28. The Morgan fingerprint density at radius 2 is 1.84 bits per heavy atom. The fourth-order valence-electron chi connectivity index (χ4n) is 2.00. The number of aromatic nitrogens is 2. The number of unbranched alkanes of at least 4 members (excludes halogenated alkanes) is 4. The van der Waals surface area contributed by atoms with Crippen LogP contribution in [0.4, 0.5) is 0 Å². The third kappa shape index (κ3) is 4.06. The first-order valence-corrected chi connectivity index (χ1v) is 7.24. The van der Waals surface area contributed by atoms with Gasteiger partial charge in [0.1, 0.15) is 0 Å². The SMILES string of the molecule is CCCCCCCOc1nc(Cl)nc2ccccc12. The Kier molecular flexibility index (Phi) is 5.40. The number of benzene rings is 1. The summed E-state index contributed by atoms with van der Waals surface area (Å²) in [4.78, 5) is 8.35. The van der Waals surface area contributed by atoms with Gasteiger partial charge < -0.3 is 4.74 Å². The Bertz CT molecular complexity index is 531. The maximum atomic E-state index is 5.90. The number of hydrogen-bond acceptors (Lipinski definition) is 3. The summed E-state index contributed by atoms with van der Waals surface area (Å²) in [5, 5.41) is 1.15. The van der Waals surface area contributed by atoms with E-state index in [1.165, 1.54) is 25.7 Å². The van der Waals surface area contributed by atoms with Crippen molar-refractivity contribution in [2.45, 2.75) is 39.0 Å². The summed E-state index contributed by atoms with van der Waals surface area (Å²) in [5.74, 6) is 0.589. The fourth-order valence-corrected chi connectivity index (χ4v) is 2.17. The van der Waals surface area contributed by atoms with Crippen LogP contribution in [0.15, 0.2) is 24.3 Å². The lowest BCUT2D eigenvalue weighted by atomic mass is 10.2. The van der Waals surface area contributed by atoms with Gasteiger partial charge in [0, 0.05) is 0 Å². The highest BCUT2D eigenvalue weighted by Crippen LogP contribution is 2.23. The molecule has 1 aromatic heterocycles. The second kappa shape index (κ2) is 7.29. The topological polar surface area (TPSA) is 35.0 Å². The second-order valence-corrected chi connectivity index (χ2v) is 4.92. The van der Waals surface area contributed by atoms with Crippen molar-refractivity contribution in [2.24, 2.45) is 0 Å². The van der Waals surface area contributed by atoms with Crippen molar-refractivity contribution in [1.82, 2.24) is 9.97 Å². The van der Waals surface area contributed by atoms with Crippen LogP contribution >= 0.6 is 11.6 Å². The third-order valence-corrected chi connectivity index (χ3v) is 3.20. The van der Waals surface area contributed by atoms with Gasteiger partial charge in [-0.3, -0.25) is 0 Å². The quantitative estimate of drug-likeness (QED) is 0.547. The molecule has 2 rings (SSSR count). The molecule has 1 aromatic carbocycles. The Labute approximate surface area is 119 Å². The summed E-state index contributed by atoms with van der Waals surface area (Å²) in [6.07, 6.45) is 6.07. The van der Waals surface area contributed by atoms with Crippen LogP contribution in [-0.2, 0) is 0 Å². The molecule has 2 aromatic rings. The van der Waals surface area contributed by atoms with Crippen molar-refractivity contribution in [2.75, 3.05) is 6.61 Å². The average Bonchev–Trinajstić information content (AvgIpc) is 2.42. The Morgan fingerprint density at radius 1 is 1.05 bits per heavy atom. The highest BCUT2D eigenvalue weighted by atomic mass is 35.5. The van der Waals surface area contributed by atoms with Gasteiger partial charge in [0.25, 0.3) is 0 Å². The first-order chi connectivity index (χ1) is 9.31. The molecule has 0 spiro atoms. The molecule has 0 amide bonds. The second-order valence-electron chi connectivity index (χ2n) is 4.58. The van der Waals surface area contributed by atoms with Crippen molar-refractivity contribution in [3.05, 3.63) is 29.5 Å². The molecule has 4 heteroatoms. The lowest BCUT2D eigenvalue weighted by Gasteiger charge is -2.08. The molecule has 0 atom stereocenters. The molecule has 0 radical (unpaired) electrons. The largest absolute Gasteiger partial charge is 0.477 e. The molecule has 0 fully saturated rings. The molecule has 0 unspecified atom stereocenters. The molecule has 0 aliphatic heterocycles. The zero-order valence-electron chi connectivity index (χ0n) is 11.2. The number of hydrogen-bond donors (Lipinski definition) is 0. The van der Waals surface area contributed by atoms with Crippen LogP contribution in [0.25, 0.3) is 10.9 Å². The van der Waals surface area contributed by atoms with Gasteiger partial charge in [-0.15, -0.1) is 0 Å². The van der Waals surface area contributed by atoms with Crippen LogP contribution in [0.3, 0.4) is 0 Å². The molecule has 102 valence electrons. The molecule has 0 aliphatic carbocycles. The van der Waals surface area contributed by atoms with Gasteiger partial charge in [-0.05, 0) is 30.2 Å². The van der Waals surface area contributed by atoms with E-state index in [0.717, 1.165) is 17.3 Å². The van der Waals surface area contributed by atoms with Crippen molar-refractivity contribution in [3.63, 3.8) is 0 Å². The van der Waals surface area contributed by atoms with Gasteiger partial charge >= 0.3 is 0 Å². The molecule has 3 nitrogen and oxygen atoms in total. The van der Waals surface area contributed by atoms with E-state index < -0.39 is 0 Å². The molecule has 0 aliphatic rings. The normalized spacial score (nSPS) is 10.8. The van der Waals surface area contributed by atoms with Crippen LogP contribution < -0.4 is 4.74 Å². The van der Waals surface area contributed by atoms with E-state index in [1.807, 2.05) is 24.3 Å². The van der Waals surface area contributed by atoms with Gasteiger partial charge in [0.2, 0.25) is 11.2 Å². The number of nitrogens with zero attached hydrogens (tertiary/aromatic N) is 2. The van der Waals surface area contributed by atoms with E-state index in [-0.39, 0.29) is 5.28 Å². The number of fused-ring (bicyclic) bond motifs is 1. The predicted molar refractivity (Wildman–Crippen MR) is 78.8 cm³/mol. The van der Waals surface area contributed by atoms with E-state index in [9.17, 15) is 0 Å². The standard InChI is InChI=1S/C15H19ClN2O/c1-2-3-4-5-8-11-19-14-12-9-6-7-10-13(12)17-15(16)18-14/h6-7,9-10H,2-5,8,11H2,1H3. The van der Waals surface area contributed by atoms with E-state index in [0.29, 0.717) is 12.5 Å². The molecule has 1 heterocycles. The summed E-state index contributed by atoms with van der Waals surface area (Å²) in [6.45, 7) is 2.90. The van der Waals surface area contributed by atoms with Crippen LogP contribution in [0.1, 0.15) is 39.0 Å². The Balaban J connectivity index is 1.96. The zero-order valence-corrected chi connectivity index (χ0v) is 12.0. The van der Waals surface area contributed by atoms with Crippen LogP contribution in [0.5, 0.6) is 5.88 Å². The van der Waals surface area contributed by atoms with E-state index in [1.54, 1.807) is 0 Å². The van der Waals surface area contributed by atoms with Crippen molar-refractivity contribution >= 4 is 22.5 Å². The maximum absolute atomic E-state index is 5.90. The van der Waals surface area contributed by atoms with Gasteiger partial charge in [-0.1, -0.05) is 44.7 Å². The minimum absolute atomic E-state index is 0.236. The van der Waals surface area contributed by atoms with E-state index in [4.69, 9.17) is 16.3 Å². The first-order valence-electron chi connectivity index (χ1n) is 6.86. The molecule has 0 N–H and O–H groups in total. The predicted octanol–water partition coefficient (Wildman–Crippen LogP) is 4.63. The average molecular weight is 279 g/mol. The lowest BCUT2D eigenvalue weighted by molar-refractivity contribution is 0.297. The van der Waals surface area contributed by atoms with Crippen molar-refractivity contribution in [3.8, 4) is 5.88 Å². The Morgan fingerprint density at radius 3 is 2.68 bits per heavy atom. The summed E-state index contributed by atoms with van der Waals surface area (Å²) in [7, 11) is 0. The zero-order chi connectivity index (χ0) is 13.5. The minimum Gasteiger partial charge on any atom is -0.477 e. The van der Waals surface area contributed by atoms with Crippen LogP contribution in [-0.4, -0.2) is 16.6 Å². The number of ether oxygens (including phenoxy) is 1. The number of rotatable bonds is 7. The molecule has 19 heavy (non-hydrogen) atoms. The first kappa shape index (κ1) is 14.1. The molecule has 0 saturated carbocycles. The number of para-hydroxylation sites is 1. The molecular weight excluding hydrogens is 260 g/mol. The maximum Gasteiger partial charge on any atom is 0.226 e. The van der Waals surface area contributed by atoms with Crippen LogP contribution in [0.2, 0.25) is 5.28 Å². The van der Waals surface area contributed by atoms with Crippen molar-refractivity contribution < 1.29 is 4.74 Å². The molecular formula is C15H19ClN2O. The fraction of sp³-hybridized carbons (Fsp3) is 0.467. The van der Waals surface area contributed by atoms with Gasteiger partial charge in [0.05, 0.1) is 17.5 Å². The summed E-state index contributed by atoms with van der Waals surface area (Å²) < 4.78 is 5.74. The highest BCUT2D eigenvalue weighted by Gasteiger charge is 2.06. The molecule has 0 saturated heterocycles. The van der Waals surface area contributed by atoms with E-state index in [2.05, 4.69) is 16.9 Å². The minimum atomic E-state index is 0.236. The van der Waals surface area contributed by atoms with E-state index >= 15 is 0 Å². The van der Waals surface area contributed by atoms with Gasteiger partial charge in [-0.25, -0.2) is 4.98 Å². The van der Waals surface area contributed by atoms with Crippen LogP contribution in [0, 0.1) is 0 Å². The molecule has 0 bridgehead atoms. The Hall–Kier alpha value is -1.35. The van der Waals surface area contributed by atoms with Gasteiger partial charge in [0.15, 0.2) is 0 Å². The monoisotopic (exact) mass is 278 g/mol. The number of halogens is 1. The third-order valence-electron chi connectivity index (χ3n) is 3.03. The smallest absolute Gasteiger partial charge is 0.226 e. The van der Waals surface area contributed by atoms with Crippen molar-refractivity contribution in [1.29, 1.82) is 0 Å². The summed E-state index contributed by atoms with van der Waals surface area (Å²) >= 11 is 5.90.